The van der Waals surface area contributed by atoms with Gasteiger partial charge >= 0.3 is 5.97 Å². The summed E-state index contributed by atoms with van der Waals surface area (Å²) in [5, 5.41) is 11.4. The third kappa shape index (κ3) is 5.22. The van der Waals surface area contributed by atoms with Gasteiger partial charge in [0.2, 0.25) is 0 Å². The normalized spacial score (nSPS) is 10.2. The van der Waals surface area contributed by atoms with Crippen LogP contribution in [0, 0.1) is 10.1 Å². The van der Waals surface area contributed by atoms with Crippen LogP contribution < -0.4 is 14.4 Å². The van der Waals surface area contributed by atoms with Gasteiger partial charge in [0.05, 0.1) is 24.7 Å². The molecule has 9 heteroatoms. The van der Waals surface area contributed by atoms with E-state index in [-0.39, 0.29) is 23.7 Å². The Morgan fingerprint density at radius 2 is 1.79 bits per heavy atom. The number of carbonyl (C=O) groups is 2. The lowest BCUT2D eigenvalue weighted by atomic mass is 10.1. The van der Waals surface area contributed by atoms with Gasteiger partial charge in [-0.15, -0.1) is 0 Å². The van der Waals surface area contributed by atoms with E-state index in [0.717, 1.165) is 6.07 Å². The number of methoxy groups -OCH3 is 1. The van der Waals surface area contributed by atoms with Gasteiger partial charge in [0.25, 0.3) is 11.6 Å². The summed E-state index contributed by atoms with van der Waals surface area (Å²) >= 11 is 0. The van der Waals surface area contributed by atoms with Crippen molar-refractivity contribution >= 4 is 23.3 Å². The number of rotatable bonds is 9. The Hall–Kier alpha value is -3.62. The highest BCUT2D eigenvalue weighted by molar-refractivity contribution is 5.99. The molecule has 0 aromatic heterocycles. The highest BCUT2D eigenvalue weighted by atomic mass is 16.6. The van der Waals surface area contributed by atoms with Crippen molar-refractivity contribution in [3.05, 3.63) is 58.1 Å². The fraction of sp³-hybridized carbons (Fsp3) is 0.300. The predicted octanol–water partition coefficient (Wildman–Crippen LogP) is 3.21. The first-order valence-corrected chi connectivity index (χ1v) is 8.94. The summed E-state index contributed by atoms with van der Waals surface area (Å²) in [4.78, 5) is 37.0. The standard InChI is InChI=1S/C20H22N2O7/c1-4-21(14-9-7-6-8-10-14)19(23)13-29-20(24)15-11-17(27-3)18(28-5-2)12-16(15)22(25)26/h6-12H,4-5,13H2,1-3H3. The molecule has 0 aliphatic rings. The molecule has 0 unspecified atom stereocenters. The molecule has 2 rings (SSSR count). The van der Waals surface area contributed by atoms with Gasteiger partial charge in [-0.25, -0.2) is 4.79 Å². The zero-order chi connectivity index (χ0) is 21.4. The number of hydrogen-bond donors (Lipinski definition) is 0. The minimum Gasteiger partial charge on any atom is -0.493 e. The number of amides is 1. The Kier molecular flexibility index (Phi) is 7.53. The van der Waals surface area contributed by atoms with Gasteiger partial charge in [-0.2, -0.15) is 0 Å². The van der Waals surface area contributed by atoms with Gasteiger partial charge in [0, 0.05) is 18.3 Å². The number of benzene rings is 2. The molecule has 0 aliphatic carbocycles. The van der Waals surface area contributed by atoms with Crippen LogP contribution in [0.2, 0.25) is 0 Å². The number of carbonyl (C=O) groups excluding carboxylic acids is 2. The van der Waals surface area contributed by atoms with Crippen LogP contribution in [0.1, 0.15) is 24.2 Å². The first kappa shape index (κ1) is 21.7. The maximum absolute atomic E-state index is 12.5. The Bertz CT molecular complexity index is 884. The molecule has 0 radical (unpaired) electrons. The number of nitrogens with zero attached hydrogens (tertiary/aromatic N) is 2. The lowest BCUT2D eigenvalue weighted by Crippen LogP contribution is -2.34. The van der Waals surface area contributed by atoms with Gasteiger partial charge < -0.3 is 19.1 Å². The molecule has 0 spiro atoms. The molecule has 0 fully saturated rings. The third-order valence-electron chi connectivity index (χ3n) is 4.01. The van der Waals surface area contributed by atoms with Gasteiger partial charge in [-0.05, 0) is 26.0 Å². The van der Waals surface area contributed by atoms with Crippen molar-refractivity contribution in [1.29, 1.82) is 0 Å². The number of nitro groups is 1. The highest BCUT2D eigenvalue weighted by Crippen LogP contribution is 2.35. The quantitative estimate of drug-likeness (QED) is 0.360. The van der Waals surface area contributed by atoms with Crippen molar-refractivity contribution in [2.45, 2.75) is 13.8 Å². The smallest absolute Gasteiger partial charge is 0.345 e. The summed E-state index contributed by atoms with van der Waals surface area (Å²) in [5.74, 6) is -1.17. The van der Waals surface area contributed by atoms with Crippen molar-refractivity contribution in [2.24, 2.45) is 0 Å². The highest BCUT2D eigenvalue weighted by Gasteiger charge is 2.27. The lowest BCUT2D eigenvalue weighted by molar-refractivity contribution is -0.385. The van der Waals surface area contributed by atoms with Gasteiger partial charge in [0.15, 0.2) is 18.1 Å². The third-order valence-corrected chi connectivity index (χ3v) is 4.01. The van der Waals surface area contributed by atoms with Crippen LogP contribution >= 0.6 is 0 Å². The second-order valence-electron chi connectivity index (χ2n) is 5.76. The van der Waals surface area contributed by atoms with Gasteiger partial charge in [0.1, 0.15) is 5.56 Å². The average molecular weight is 402 g/mol. The Morgan fingerprint density at radius 3 is 2.34 bits per heavy atom. The van der Waals surface area contributed by atoms with Crippen molar-refractivity contribution in [2.75, 3.05) is 31.8 Å². The molecule has 0 aliphatic heterocycles. The molecular weight excluding hydrogens is 380 g/mol. The van der Waals surface area contributed by atoms with E-state index < -0.39 is 29.1 Å². The number of esters is 1. The topological polar surface area (TPSA) is 108 Å². The predicted molar refractivity (Wildman–Crippen MR) is 106 cm³/mol. The number of para-hydroxylation sites is 1. The van der Waals surface area contributed by atoms with E-state index in [1.165, 1.54) is 18.1 Å². The fourth-order valence-electron chi connectivity index (χ4n) is 2.69. The molecule has 0 bridgehead atoms. The Morgan fingerprint density at radius 1 is 1.10 bits per heavy atom. The Labute approximate surface area is 167 Å². The van der Waals surface area contributed by atoms with Crippen LogP contribution in [0.25, 0.3) is 0 Å². The van der Waals surface area contributed by atoms with E-state index in [9.17, 15) is 19.7 Å². The number of nitro benzene ring substituents is 1. The van der Waals surface area contributed by atoms with Crippen molar-refractivity contribution in [3.63, 3.8) is 0 Å². The molecule has 29 heavy (non-hydrogen) atoms. The van der Waals surface area contributed by atoms with Crippen molar-refractivity contribution in [1.82, 2.24) is 0 Å². The SMILES string of the molecule is CCOc1cc([N+](=O)[O-])c(C(=O)OCC(=O)N(CC)c2ccccc2)cc1OC. The molecule has 2 aromatic carbocycles. The molecule has 0 heterocycles. The largest absolute Gasteiger partial charge is 0.493 e. The summed E-state index contributed by atoms with van der Waals surface area (Å²) in [6.45, 7) is 3.57. The van der Waals surface area contributed by atoms with Crippen LogP contribution in [0.5, 0.6) is 11.5 Å². The molecule has 154 valence electrons. The van der Waals surface area contributed by atoms with Crippen molar-refractivity contribution in [3.8, 4) is 11.5 Å². The van der Waals surface area contributed by atoms with Crippen LogP contribution in [0.4, 0.5) is 11.4 Å². The molecule has 0 saturated carbocycles. The fourth-order valence-corrected chi connectivity index (χ4v) is 2.69. The molecular formula is C20H22N2O7. The summed E-state index contributed by atoms with van der Waals surface area (Å²) in [5.41, 5.74) is -0.169. The summed E-state index contributed by atoms with van der Waals surface area (Å²) in [6.07, 6.45) is 0. The van der Waals surface area contributed by atoms with E-state index in [1.54, 1.807) is 38.1 Å². The Balaban J connectivity index is 2.21. The van der Waals surface area contributed by atoms with Crippen LogP contribution in [0.3, 0.4) is 0 Å². The van der Waals surface area contributed by atoms with Crippen LogP contribution in [0.15, 0.2) is 42.5 Å². The zero-order valence-electron chi connectivity index (χ0n) is 16.4. The number of likely N-dealkylation sites (N-methyl/N-ethyl adjacent to an activating group) is 1. The average Bonchev–Trinajstić information content (AvgIpc) is 2.73. The van der Waals surface area contributed by atoms with E-state index >= 15 is 0 Å². The molecule has 0 saturated heterocycles. The van der Waals surface area contributed by atoms with Gasteiger partial charge in [-0.1, -0.05) is 18.2 Å². The van der Waals surface area contributed by atoms with Crippen molar-refractivity contribution < 1.29 is 28.7 Å². The summed E-state index contributed by atoms with van der Waals surface area (Å²) in [6, 6.07) is 11.2. The molecule has 0 N–H and O–H groups in total. The molecule has 0 atom stereocenters. The lowest BCUT2D eigenvalue weighted by Gasteiger charge is -2.20. The minimum atomic E-state index is -1.00. The monoisotopic (exact) mass is 402 g/mol. The maximum atomic E-state index is 12.5. The van der Waals surface area contributed by atoms with E-state index in [4.69, 9.17) is 14.2 Å². The van der Waals surface area contributed by atoms with E-state index in [1.807, 2.05) is 6.07 Å². The number of hydrogen-bond acceptors (Lipinski definition) is 7. The first-order chi connectivity index (χ1) is 13.9. The maximum Gasteiger partial charge on any atom is 0.345 e. The second-order valence-corrected chi connectivity index (χ2v) is 5.76. The zero-order valence-corrected chi connectivity index (χ0v) is 16.4. The second kappa shape index (κ2) is 10.1. The van der Waals surface area contributed by atoms with E-state index in [0.29, 0.717) is 12.2 Å². The number of anilines is 1. The van der Waals surface area contributed by atoms with Crippen LogP contribution in [-0.4, -0.2) is 43.7 Å². The summed E-state index contributed by atoms with van der Waals surface area (Å²) < 4.78 is 15.5. The van der Waals surface area contributed by atoms with Crippen LogP contribution in [-0.2, 0) is 9.53 Å². The van der Waals surface area contributed by atoms with E-state index in [2.05, 4.69) is 0 Å². The van der Waals surface area contributed by atoms with Gasteiger partial charge in [-0.3, -0.25) is 14.9 Å². The minimum absolute atomic E-state index is 0.135. The first-order valence-electron chi connectivity index (χ1n) is 8.94. The molecule has 1 amide bonds. The number of ether oxygens (including phenoxy) is 3. The molecule has 2 aromatic rings. The summed E-state index contributed by atoms with van der Waals surface area (Å²) in [7, 11) is 1.35. The molecule has 9 nitrogen and oxygen atoms in total.